The Hall–Kier alpha value is 2.08. The second-order valence-corrected chi connectivity index (χ2v) is 13.7. The van der Waals surface area contributed by atoms with E-state index in [1.807, 2.05) is 0 Å². The molecule has 32 heteroatoms. The largest absolute Gasteiger partial charge is 0.0552 e. The third kappa shape index (κ3) is 9.19. The van der Waals surface area contributed by atoms with Gasteiger partial charge in [0.1, 0.15) is 0 Å². The zero-order chi connectivity index (χ0) is 25.7. The average Bonchev–Trinajstić information content (AvgIpc) is 2.76. The third-order valence-electron chi connectivity index (χ3n) is 12.1. The van der Waals surface area contributed by atoms with Gasteiger partial charge in [0, 0.05) is 95.8 Å². The van der Waals surface area contributed by atoms with Crippen LogP contribution in [0.2, 0.25) is 0 Å². The van der Waals surface area contributed by atoms with Crippen LogP contribution in [-0.2, 0) is 0 Å². The Bertz CT molecular complexity index is 446. The van der Waals surface area contributed by atoms with E-state index in [2.05, 4.69) is 132 Å². The minimum Gasteiger partial charge on any atom is 0.0115 e. The molecule has 0 amide bonds. The third-order valence-corrected chi connectivity index (χ3v) is 12.1. The van der Waals surface area contributed by atoms with Crippen molar-refractivity contribution in [2.75, 3.05) is 0 Å². The first kappa shape index (κ1) is 34.1. The molecule has 0 aromatic rings. The second kappa shape index (κ2) is 15.4. The van der Waals surface area contributed by atoms with Gasteiger partial charge in [0.15, 0.2) is 0 Å². The van der Waals surface area contributed by atoms with E-state index in [0.717, 1.165) is 95.8 Å². The molecule has 0 spiro atoms. The van der Waals surface area contributed by atoms with Crippen LogP contribution in [-0.4, -0.2) is 227 Å². The minimum atomic E-state index is 0.764. The van der Waals surface area contributed by atoms with Crippen molar-refractivity contribution < 1.29 is 0 Å². The molecule has 0 bridgehead atoms. The van der Waals surface area contributed by atoms with E-state index in [9.17, 15) is 0 Å². The summed E-state index contributed by atoms with van der Waals surface area (Å²) in [5.74, 6) is 0. The van der Waals surface area contributed by atoms with Crippen molar-refractivity contribution in [2.24, 2.45) is 0 Å². The molecule has 0 radical (unpaired) electrons. The van der Waals surface area contributed by atoms with Gasteiger partial charge < -0.3 is 0 Å². The highest BCUT2D eigenvalue weighted by Crippen LogP contribution is 2.03. The van der Waals surface area contributed by atoms with Crippen molar-refractivity contribution in [3.05, 3.63) is 0 Å². The van der Waals surface area contributed by atoms with Gasteiger partial charge in [0.05, 0.1) is 132 Å². The summed E-state index contributed by atoms with van der Waals surface area (Å²) < 4.78 is 0. The predicted octanol–water partition coefficient (Wildman–Crippen LogP) is -21.3. The van der Waals surface area contributed by atoms with Crippen LogP contribution in [0.5, 0.6) is 0 Å². The van der Waals surface area contributed by atoms with E-state index >= 15 is 0 Å². The molecule has 32 heavy (non-hydrogen) atoms. The molecule has 0 unspecified atom stereocenters. The van der Waals surface area contributed by atoms with Crippen LogP contribution in [0.15, 0.2) is 0 Å². The van der Waals surface area contributed by atoms with Crippen molar-refractivity contribution in [3.63, 3.8) is 0 Å². The van der Waals surface area contributed by atoms with Gasteiger partial charge in [-0.15, -0.1) is 0 Å². The zero-order valence-electron chi connectivity index (χ0n) is 25.7. The molecule has 0 aliphatic carbocycles. The van der Waals surface area contributed by atoms with E-state index in [1.165, 1.54) is 0 Å². The van der Waals surface area contributed by atoms with E-state index in [1.54, 1.807) is 0 Å². The molecule has 0 aliphatic rings. The summed E-state index contributed by atoms with van der Waals surface area (Å²) >= 11 is 0. The highest BCUT2D eigenvalue weighted by atomic mass is 13.2. The SMILES string of the molecule is BB(B)B(B)B(B)B(B)B(B)B(B)B(B)B(B)B(B)B(B)B(B)B(B)B(B)B(B)B(B)B. The number of hydrogen-bond acceptors (Lipinski definition) is 0. The molecule has 0 saturated heterocycles. The van der Waals surface area contributed by atoms with Gasteiger partial charge in [-0.2, -0.15) is 0 Å². The molecule has 0 aromatic heterocycles. The van der Waals surface area contributed by atoms with Crippen molar-refractivity contribution >= 4 is 227 Å². The van der Waals surface area contributed by atoms with Gasteiger partial charge in [-0.1, -0.05) is 0 Å². The molecular weight excluding hydrogens is 346 g/mol. The Morgan fingerprint density at radius 3 is 0.344 bits per heavy atom. The highest BCUT2D eigenvalue weighted by molar-refractivity contribution is 8.16. The molecular formula is H34B32. The lowest BCUT2D eigenvalue weighted by molar-refractivity contribution is 3.37. The Kier molecular flexibility index (Phi) is 16.4. The summed E-state index contributed by atoms with van der Waals surface area (Å²) in [6, 6.07) is 0. The van der Waals surface area contributed by atoms with E-state index in [4.69, 9.17) is 0 Å². The highest BCUT2D eigenvalue weighted by Gasteiger charge is 2.43. The van der Waals surface area contributed by atoms with Crippen LogP contribution in [0.1, 0.15) is 0 Å². The number of rotatable bonds is 14. The van der Waals surface area contributed by atoms with E-state index in [-0.39, 0.29) is 0 Å². The summed E-state index contributed by atoms with van der Waals surface area (Å²) in [5, 5.41) is 0. The summed E-state index contributed by atoms with van der Waals surface area (Å²) in [4.78, 5) is 0. The molecule has 130 valence electrons. The van der Waals surface area contributed by atoms with Crippen LogP contribution in [0.4, 0.5) is 0 Å². The molecule has 0 fully saturated rings. The monoisotopic (exact) mass is 387 g/mol. The van der Waals surface area contributed by atoms with Crippen LogP contribution in [0.25, 0.3) is 0 Å². The lowest BCUT2D eigenvalue weighted by Gasteiger charge is -2.37. The standard InChI is InChI=1S/B32H34/c1-18(2)20(5)22(7)24(9)26(11)28(13)30(15)32(17)31(16)29(14)27(12)25(10)23(8)21(6)19(3)4/h1-17H2. The van der Waals surface area contributed by atoms with E-state index in [0.29, 0.717) is 0 Å². The summed E-state index contributed by atoms with van der Waals surface area (Å²) in [6.07, 6.45) is 11.6. The van der Waals surface area contributed by atoms with Crippen molar-refractivity contribution in [2.45, 2.75) is 0 Å². The zero-order valence-corrected chi connectivity index (χ0v) is 25.7. The van der Waals surface area contributed by atoms with Gasteiger partial charge in [-0.05, 0) is 0 Å². The summed E-state index contributed by atoms with van der Waals surface area (Å²) in [7, 11) is 42.4. The minimum absolute atomic E-state index is 0.764. The topological polar surface area (TPSA) is 0 Å². The predicted molar refractivity (Wildman–Crippen MR) is 232 cm³/mol. The van der Waals surface area contributed by atoms with Crippen LogP contribution >= 0.6 is 0 Å². The Morgan fingerprint density at radius 1 is 0.156 bits per heavy atom. The van der Waals surface area contributed by atoms with Crippen LogP contribution in [0, 0.1) is 0 Å². The van der Waals surface area contributed by atoms with Gasteiger partial charge in [-0.3, -0.25) is 0 Å². The maximum absolute atomic E-state index is 2.55. The number of hydrogen-bond donors (Lipinski definition) is 0. The Morgan fingerprint density at radius 2 is 0.250 bits per heavy atom. The molecule has 0 saturated carbocycles. The van der Waals surface area contributed by atoms with E-state index < -0.39 is 0 Å². The molecule has 0 N–H and O–H groups in total. The fourth-order valence-corrected chi connectivity index (χ4v) is 6.48. The lowest BCUT2D eigenvalue weighted by Crippen LogP contribution is -2.77. The molecule has 0 rings (SSSR count). The fraction of sp³-hybridized carbons (Fsp3) is 0. The molecule has 0 heterocycles. The lowest BCUT2D eigenvalue weighted by atomic mass is 8.43. The van der Waals surface area contributed by atoms with Crippen molar-refractivity contribution in [3.8, 4) is 0 Å². The molecule has 0 nitrogen and oxygen atoms in total. The van der Waals surface area contributed by atoms with Gasteiger partial charge >= 0.3 is 0 Å². The van der Waals surface area contributed by atoms with Gasteiger partial charge in [0.25, 0.3) is 0 Å². The van der Waals surface area contributed by atoms with Crippen molar-refractivity contribution in [1.29, 1.82) is 0 Å². The van der Waals surface area contributed by atoms with Crippen molar-refractivity contribution in [1.82, 2.24) is 0 Å². The normalized spacial score (nSPS) is 9.50. The first-order chi connectivity index (χ1) is 14.5. The van der Waals surface area contributed by atoms with Crippen LogP contribution < -0.4 is 0 Å². The summed E-state index contributed by atoms with van der Waals surface area (Å²) in [5.41, 5.74) is 0. The quantitative estimate of drug-likeness (QED) is 0.263. The average molecular weight is 380 g/mol. The first-order valence-corrected chi connectivity index (χ1v) is 14.5. The fourth-order valence-electron chi connectivity index (χ4n) is 6.48. The van der Waals surface area contributed by atoms with Gasteiger partial charge in [-0.25, -0.2) is 0 Å². The Labute approximate surface area is 226 Å². The summed E-state index contributed by atoms with van der Waals surface area (Å²) in [6.45, 7) is 0. The maximum Gasteiger partial charge on any atom is 0.0552 e. The molecule has 0 aliphatic heterocycles. The second-order valence-electron chi connectivity index (χ2n) is 13.7. The first-order valence-electron chi connectivity index (χ1n) is 14.5. The van der Waals surface area contributed by atoms with Crippen LogP contribution in [0.3, 0.4) is 0 Å². The smallest absolute Gasteiger partial charge is 0.0115 e. The van der Waals surface area contributed by atoms with Gasteiger partial charge in [0.2, 0.25) is 0 Å². The maximum atomic E-state index is 2.55. The Balaban J connectivity index is 5.23. The molecule has 0 aromatic carbocycles. The molecule has 0 atom stereocenters.